The van der Waals surface area contributed by atoms with Gasteiger partial charge in [-0.05, 0) is 63.8 Å². The van der Waals surface area contributed by atoms with Crippen LogP contribution in [-0.2, 0) is 6.54 Å². The number of benzene rings is 1. The first-order chi connectivity index (χ1) is 19.5. The highest BCUT2D eigenvalue weighted by atomic mass is 32.2. The van der Waals surface area contributed by atoms with Gasteiger partial charge in [-0.15, -0.1) is 11.8 Å². The molecule has 2 fully saturated rings. The lowest BCUT2D eigenvalue weighted by Gasteiger charge is -2.41. The van der Waals surface area contributed by atoms with Crippen LogP contribution < -0.4 is 16.2 Å². The molecule has 0 aliphatic heterocycles. The van der Waals surface area contributed by atoms with Crippen LogP contribution in [0, 0.1) is 12.8 Å². The van der Waals surface area contributed by atoms with E-state index in [4.69, 9.17) is 0 Å². The largest absolute Gasteiger partial charge is 0.348 e. The Morgan fingerprint density at radius 2 is 1.83 bits per heavy atom. The van der Waals surface area contributed by atoms with Crippen LogP contribution in [0.5, 0.6) is 0 Å². The Morgan fingerprint density at radius 3 is 2.46 bits per heavy atom. The number of alkyl halides is 4. The molecule has 6 nitrogen and oxygen atoms in total. The SMILES string of the molecule is CSc1cc(C)[nH]c(=O)c1CNC(=O)c1c(C(F)F)n([C@H](C)[C@H]2CC[C@H](NC3CC(F)(F)C3)CC2)c2ccccc12. The summed E-state index contributed by atoms with van der Waals surface area (Å²) in [5, 5.41) is 6.52. The number of fused-ring (bicyclic) bond motifs is 1. The highest BCUT2D eigenvalue weighted by molar-refractivity contribution is 7.98. The lowest BCUT2D eigenvalue weighted by Crippen LogP contribution is -2.52. The van der Waals surface area contributed by atoms with Gasteiger partial charge >= 0.3 is 0 Å². The van der Waals surface area contributed by atoms with Crippen molar-refractivity contribution in [3.8, 4) is 0 Å². The first-order valence-corrected chi connectivity index (χ1v) is 15.3. The number of aromatic nitrogens is 2. The molecule has 5 rings (SSSR count). The van der Waals surface area contributed by atoms with Crippen molar-refractivity contribution in [1.82, 2.24) is 20.2 Å². The van der Waals surface area contributed by atoms with Crippen LogP contribution >= 0.6 is 11.8 Å². The number of carbonyl (C=O) groups is 1. The van der Waals surface area contributed by atoms with Crippen LogP contribution in [0.2, 0.25) is 0 Å². The third-order valence-electron chi connectivity index (χ3n) is 8.68. The topological polar surface area (TPSA) is 78.9 Å². The molecule has 0 saturated heterocycles. The molecule has 0 unspecified atom stereocenters. The number of pyridine rings is 1. The summed E-state index contributed by atoms with van der Waals surface area (Å²) >= 11 is 1.38. The van der Waals surface area contributed by atoms with Crippen molar-refractivity contribution in [2.45, 2.75) is 94.3 Å². The van der Waals surface area contributed by atoms with Crippen LogP contribution in [0.15, 0.2) is 40.0 Å². The summed E-state index contributed by atoms with van der Waals surface area (Å²) in [4.78, 5) is 29.6. The van der Waals surface area contributed by atoms with Crippen LogP contribution in [0.1, 0.15) is 85.2 Å². The maximum Gasteiger partial charge on any atom is 0.279 e. The number of aromatic amines is 1. The van der Waals surface area contributed by atoms with Gasteiger partial charge in [0.05, 0.1) is 11.3 Å². The van der Waals surface area contributed by atoms with Crippen LogP contribution in [0.4, 0.5) is 17.6 Å². The van der Waals surface area contributed by atoms with E-state index in [1.54, 1.807) is 35.8 Å². The number of nitrogens with zero attached hydrogens (tertiary/aromatic N) is 1. The van der Waals surface area contributed by atoms with E-state index in [1.165, 1.54) is 11.8 Å². The molecule has 41 heavy (non-hydrogen) atoms. The zero-order valence-electron chi connectivity index (χ0n) is 23.4. The molecule has 3 N–H and O–H groups in total. The predicted molar refractivity (Wildman–Crippen MR) is 153 cm³/mol. The summed E-state index contributed by atoms with van der Waals surface area (Å²) in [6, 6.07) is 8.43. The fourth-order valence-corrected chi connectivity index (χ4v) is 7.27. The summed E-state index contributed by atoms with van der Waals surface area (Å²) in [7, 11) is 0. The molecule has 0 radical (unpaired) electrons. The molecule has 0 bridgehead atoms. The Labute approximate surface area is 240 Å². The number of carbonyl (C=O) groups excluding carboxylic acids is 1. The number of para-hydroxylation sites is 1. The summed E-state index contributed by atoms with van der Waals surface area (Å²) < 4.78 is 57.7. The standard InChI is InChI=1S/C30H36F4N4O2S/c1-16-12-24(41-3)22(28(39)36-16)15-35-29(40)25-21-6-4-5-7-23(21)38(26(25)27(31)32)17(2)18-8-10-19(11-9-18)37-20-13-30(33,34)14-20/h4-7,12,17-20,27,37H,8-11,13-15H2,1-3H3,(H,35,40)(H,36,39)/t17-,18-,19-/m1/s1. The Balaban J connectivity index is 1.38. The number of thioether (sulfide) groups is 1. The number of halogens is 4. The van der Waals surface area contributed by atoms with E-state index in [2.05, 4.69) is 15.6 Å². The smallest absolute Gasteiger partial charge is 0.279 e. The number of aryl methyl sites for hydroxylation is 1. The van der Waals surface area contributed by atoms with E-state index >= 15 is 0 Å². The van der Waals surface area contributed by atoms with Gasteiger partial charge in [0.2, 0.25) is 0 Å². The molecule has 2 aromatic heterocycles. The molecule has 0 spiro atoms. The fourth-order valence-electron chi connectivity index (χ4n) is 6.56. The van der Waals surface area contributed by atoms with Crippen LogP contribution in [0.3, 0.4) is 0 Å². The summed E-state index contributed by atoms with van der Waals surface area (Å²) in [6.45, 7) is 3.60. The Hall–Kier alpha value is -2.79. The van der Waals surface area contributed by atoms with Crippen molar-refractivity contribution in [1.29, 1.82) is 0 Å². The second-order valence-corrected chi connectivity index (χ2v) is 12.3. The zero-order valence-corrected chi connectivity index (χ0v) is 24.2. The number of amides is 1. The molecule has 2 aliphatic rings. The van der Waals surface area contributed by atoms with Crippen molar-refractivity contribution in [2.75, 3.05) is 6.26 Å². The number of rotatable bonds is 9. The average molecular weight is 593 g/mol. The van der Waals surface area contributed by atoms with Crippen LogP contribution in [0.25, 0.3) is 10.9 Å². The van der Waals surface area contributed by atoms with Crippen molar-refractivity contribution in [2.24, 2.45) is 5.92 Å². The van der Waals surface area contributed by atoms with Gasteiger partial charge in [0, 0.05) is 64.6 Å². The van der Waals surface area contributed by atoms with Crippen molar-refractivity contribution in [3.63, 3.8) is 0 Å². The third kappa shape index (κ3) is 6.07. The van der Waals surface area contributed by atoms with E-state index in [9.17, 15) is 27.2 Å². The lowest BCUT2D eigenvalue weighted by molar-refractivity contribution is -0.0957. The maximum absolute atomic E-state index is 14.8. The quantitative estimate of drug-likeness (QED) is 0.190. The summed E-state index contributed by atoms with van der Waals surface area (Å²) in [5.74, 6) is -3.13. The maximum atomic E-state index is 14.8. The number of hydrogen-bond donors (Lipinski definition) is 3. The lowest BCUT2D eigenvalue weighted by atomic mass is 9.80. The minimum Gasteiger partial charge on any atom is -0.348 e. The molecule has 11 heteroatoms. The molecular weight excluding hydrogens is 556 g/mol. The summed E-state index contributed by atoms with van der Waals surface area (Å²) in [5.41, 5.74) is 0.921. The molecule has 3 aromatic rings. The van der Waals surface area contributed by atoms with Gasteiger partial charge in [-0.1, -0.05) is 18.2 Å². The number of hydrogen-bond acceptors (Lipinski definition) is 4. The molecule has 1 atom stereocenters. The molecule has 2 saturated carbocycles. The predicted octanol–water partition coefficient (Wildman–Crippen LogP) is 6.73. The molecule has 2 heterocycles. The highest BCUT2D eigenvalue weighted by Gasteiger charge is 2.46. The van der Waals surface area contributed by atoms with E-state index in [0.717, 1.165) is 25.7 Å². The van der Waals surface area contributed by atoms with E-state index in [1.807, 2.05) is 19.2 Å². The van der Waals surface area contributed by atoms with Gasteiger partial charge in [-0.3, -0.25) is 9.59 Å². The van der Waals surface area contributed by atoms with Gasteiger partial charge in [0.25, 0.3) is 23.8 Å². The minimum atomic E-state index is -2.89. The van der Waals surface area contributed by atoms with E-state index < -0.39 is 18.3 Å². The van der Waals surface area contributed by atoms with Gasteiger partial charge < -0.3 is 20.2 Å². The van der Waals surface area contributed by atoms with Crippen LogP contribution in [-0.4, -0.2) is 39.7 Å². The van der Waals surface area contributed by atoms with Crippen molar-refractivity contribution < 1.29 is 22.4 Å². The normalized spacial score (nSPS) is 21.7. The number of H-pyrrole nitrogens is 1. The third-order valence-corrected chi connectivity index (χ3v) is 9.48. The fraction of sp³-hybridized carbons (Fsp3) is 0.533. The first kappa shape index (κ1) is 29.7. The van der Waals surface area contributed by atoms with Gasteiger partial charge in [-0.25, -0.2) is 17.6 Å². The van der Waals surface area contributed by atoms with Gasteiger partial charge in [-0.2, -0.15) is 0 Å². The summed E-state index contributed by atoms with van der Waals surface area (Å²) in [6.07, 6.45) is 1.80. The number of nitrogens with one attached hydrogen (secondary N) is 3. The van der Waals surface area contributed by atoms with Crippen molar-refractivity contribution in [3.05, 3.63) is 63.2 Å². The van der Waals surface area contributed by atoms with Gasteiger partial charge in [0.1, 0.15) is 0 Å². The van der Waals surface area contributed by atoms with Gasteiger partial charge in [0.15, 0.2) is 0 Å². The highest BCUT2D eigenvalue weighted by Crippen LogP contribution is 2.42. The second kappa shape index (κ2) is 11.8. The Bertz CT molecular complexity index is 1470. The minimum absolute atomic E-state index is 0.0713. The van der Waals surface area contributed by atoms with E-state index in [0.29, 0.717) is 27.1 Å². The second-order valence-electron chi connectivity index (χ2n) is 11.4. The first-order valence-electron chi connectivity index (χ1n) is 14.1. The van der Waals surface area contributed by atoms with Crippen molar-refractivity contribution >= 4 is 28.6 Å². The zero-order chi connectivity index (χ0) is 29.5. The Kier molecular flexibility index (Phi) is 8.57. The molecule has 1 amide bonds. The molecule has 1 aromatic carbocycles. The monoisotopic (exact) mass is 592 g/mol. The molecule has 222 valence electrons. The van der Waals surface area contributed by atoms with E-state index in [-0.39, 0.29) is 60.2 Å². The average Bonchev–Trinajstić information content (AvgIpc) is 3.27. The molecular formula is C30H36F4N4O2S. The molecule has 2 aliphatic carbocycles. The Morgan fingerprint density at radius 1 is 1.15 bits per heavy atom.